The van der Waals surface area contributed by atoms with E-state index in [-0.39, 0.29) is 11.8 Å². The molecule has 0 bridgehead atoms. The Morgan fingerprint density at radius 3 is 2.67 bits per heavy atom. The number of aromatic amines is 1. The van der Waals surface area contributed by atoms with Crippen molar-refractivity contribution in [1.82, 2.24) is 20.2 Å². The highest BCUT2D eigenvalue weighted by Gasteiger charge is 2.35. The van der Waals surface area contributed by atoms with Gasteiger partial charge in [0.1, 0.15) is 17.1 Å². The van der Waals surface area contributed by atoms with E-state index < -0.39 is 11.7 Å². The normalized spacial score (nSPS) is 11.5. The van der Waals surface area contributed by atoms with Gasteiger partial charge in [0.25, 0.3) is 0 Å². The first-order chi connectivity index (χ1) is 11.4. The molecule has 0 fully saturated rings. The fourth-order valence-corrected chi connectivity index (χ4v) is 2.20. The van der Waals surface area contributed by atoms with Crippen LogP contribution >= 0.6 is 0 Å². The third-order valence-electron chi connectivity index (χ3n) is 3.34. The van der Waals surface area contributed by atoms with Crippen LogP contribution in [0.1, 0.15) is 5.56 Å². The van der Waals surface area contributed by atoms with Crippen molar-refractivity contribution < 1.29 is 17.9 Å². The highest BCUT2D eigenvalue weighted by Crippen LogP contribution is 2.35. The first-order valence-electron chi connectivity index (χ1n) is 6.82. The van der Waals surface area contributed by atoms with E-state index in [1.165, 1.54) is 14.2 Å². The Balaban J connectivity index is 1.99. The monoisotopic (exact) mass is 338 g/mol. The quantitative estimate of drug-likeness (QED) is 0.677. The van der Waals surface area contributed by atoms with Gasteiger partial charge in [-0.2, -0.15) is 23.3 Å². The molecule has 0 aliphatic rings. The largest absolute Gasteiger partial charge is 0.495 e. The number of halogens is 3. The maximum absolute atomic E-state index is 12.9. The minimum Gasteiger partial charge on any atom is -0.495 e. The van der Waals surface area contributed by atoms with E-state index in [0.29, 0.717) is 11.4 Å². The zero-order valence-electron chi connectivity index (χ0n) is 12.7. The zero-order chi connectivity index (χ0) is 17.3. The maximum atomic E-state index is 12.9. The number of alkyl halides is 3. The molecule has 0 radical (unpaired) electrons. The van der Waals surface area contributed by atoms with Crippen molar-refractivity contribution in [2.45, 2.75) is 6.18 Å². The summed E-state index contributed by atoms with van der Waals surface area (Å²) in [6.07, 6.45) is -2.18. The Kier molecular flexibility index (Phi) is 3.87. The highest BCUT2D eigenvalue weighted by molar-refractivity contribution is 5.86. The van der Waals surface area contributed by atoms with E-state index in [1.54, 1.807) is 18.3 Å². The second kappa shape index (κ2) is 5.87. The van der Waals surface area contributed by atoms with E-state index in [4.69, 9.17) is 4.74 Å². The summed E-state index contributed by atoms with van der Waals surface area (Å²) in [4.78, 5) is 7.59. The number of hydrogen-bond donors (Lipinski definition) is 3. The molecular weight excluding hydrogens is 325 g/mol. The lowest BCUT2D eigenvalue weighted by molar-refractivity contribution is -0.137. The number of aromatic nitrogens is 4. The fraction of sp³-hybridized carbons (Fsp3) is 0.214. The van der Waals surface area contributed by atoms with Gasteiger partial charge in [0, 0.05) is 18.6 Å². The molecule has 24 heavy (non-hydrogen) atoms. The molecule has 0 saturated heterocycles. The van der Waals surface area contributed by atoms with Crippen LogP contribution in [0.4, 0.5) is 30.6 Å². The molecule has 0 aliphatic carbocycles. The molecule has 3 N–H and O–H groups in total. The van der Waals surface area contributed by atoms with Crippen LogP contribution in [0.15, 0.2) is 24.5 Å². The Hall–Kier alpha value is -3.04. The van der Waals surface area contributed by atoms with Crippen LogP contribution in [0.25, 0.3) is 10.9 Å². The Bertz CT molecular complexity index is 877. The highest BCUT2D eigenvalue weighted by atomic mass is 19.4. The molecule has 0 spiro atoms. The number of nitrogens with one attached hydrogen (secondary N) is 3. The van der Waals surface area contributed by atoms with Crippen molar-refractivity contribution in [3.63, 3.8) is 0 Å². The summed E-state index contributed by atoms with van der Waals surface area (Å²) in [5, 5.41) is 12.8. The Morgan fingerprint density at radius 1 is 1.21 bits per heavy atom. The maximum Gasteiger partial charge on any atom is 0.421 e. The molecule has 126 valence electrons. The molecule has 0 saturated carbocycles. The number of fused-ring (bicyclic) bond motifs is 1. The zero-order valence-corrected chi connectivity index (χ0v) is 12.7. The second-order valence-corrected chi connectivity index (χ2v) is 4.84. The average Bonchev–Trinajstić information content (AvgIpc) is 3.00. The number of H-pyrrole nitrogens is 1. The molecular formula is C14H13F3N6O. The van der Waals surface area contributed by atoms with E-state index in [9.17, 15) is 13.2 Å². The predicted molar refractivity (Wildman–Crippen MR) is 82.5 cm³/mol. The van der Waals surface area contributed by atoms with Gasteiger partial charge in [-0.25, -0.2) is 4.98 Å². The van der Waals surface area contributed by atoms with Crippen molar-refractivity contribution >= 4 is 28.4 Å². The van der Waals surface area contributed by atoms with Gasteiger partial charge in [-0.15, -0.1) is 0 Å². The van der Waals surface area contributed by atoms with Gasteiger partial charge in [-0.1, -0.05) is 0 Å². The third kappa shape index (κ3) is 2.90. The summed E-state index contributed by atoms with van der Waals surface area (Å²) in [7, 11) is 2.84. The molecule has 2 aromatic heterocycles. The molecule has 3 aromatic rings. The molecule has 3 rings (SSSR count). The SMILES string of the molecule is CNc1nc(Nc2cc3[nH]ncc3cc2OC)ncc1C(F)(F)F. The molecule has 0 unspecified atom stereocenters. The number of benzene rings is 1. The lowest BCUT2D eigenvalue weighted by Crippen LogP contribution is -2.12. The van der Waals surface area contributed by atoms with E-state index >= 15 is 0 Å². The lowest BCUT2D eigenvalue weighted by Gasteiger charge is -2.14. The number of ether oxygens (including phenoxy) is 1. The number of hydrogen-bond acceptors (Lipinski definition) is 6. The molecule has 0 amide bonds. The number of nitrogens with zero attached hydrogens (tertiary/aromatic N) is 3. The molecule has 2 heterocycles. The van der Waals surface area contributed by atoms with Crippen molar-refractivity contribution in [3.05, 3.63) is 30.1 Å². The van der Waals surface area contributed by atoms with Crippen molar-refractivity contribution in [2.75, 3.05) is 24.8 Å². The Labute approximate surface area is 134 Å². The van der Waals surface area contributed by atoms with Crippen molar-refractivity contribution in [2.24, 2.45) is 0 Å². The van der Waals surface area contributed by atoms with Gasteiger partial charge < -0.3 is 15.4 Å². The summed E-state index contributed by atoms with van der Waals surface area (Å²) in [6.45, 7) is 0. The van der Waals surface area contributed by atoms with Gasteiger partial charge in [0.15, 0.2) is 0 Å². The minimum absolute atomic E-state index is 0.00418. The van der Waals surface area contributed by atoms with Crippen LogP contribution in [-0.2, 0) is 6.18 Å². The van der Waals surface area contributed by atoms with Gasteiger partial charge >= 0.3 is 6.18 Å². The minimum atomic E-state index is -4.54. The van der Waals surface area contributed by atoms with Crippen LogP contribution in [0.2, 0.25) is 0 Å². The molecule has 1 aromatic carbocycles. The van der Waals surface area contributed by atoms with Crippen LogP contribution < -0.4 is 15.4 Å². The first kappa shape index (κ1) is 15.8. The van der Waals surface area contributed by atoms with Crippen molar-refractivity contribution in [3.8, 4) is 5.75 Å². The number of anilines is 3. The van der Waals surface area contributed by atoms with Crippen molar-refractivity contribution in [1.29, 1.82) is 0 Å². The topological polar surface area (TPSA) is 87.8 Å². The van der Waals surface area contributed by atoms with E-state index in [2.05, 4.69) is 30.8 Å². The van der Waals surface area contributed by atoms with E-state index in [1.807, 2.05) is 0 Å². The summed E-state index contributed by atoms with van der Waals surface area (Å²) < 4.78 is 43.9. The molecule has 7 nitrogen and oxygen atoms in total. The van der Waals surface area contributed by atoms with Crippen LogP contribution in [0.3, 0.4) is 0 Å². The number of methoxy groups -OCH3 is 1. The van der Waals surface area contributed by atoms with Gasteiger partial charge in [-0.3, -0.25) is 5.10 Å². The molecule has 10 heteroatoms. The molecule has 0 aliphatic heterocycles. The van der Waals surface area contributed by atoms with Gasteiger partial charge in [0.2, 0.25) is 5.95 Å². The predicted octanol–water partition coefficient (Wildman–Crippen LogP) is 3.17. The first-order valence-corrected chi connectivity index (χ1v) is 6.82. The smallest absolute Gasteiger partial charge is 0.421 e. The van der Waals surface area contributed by atoms with Gasteiger partial charge in [0.05, 0.1) is 24.5 Å². The summed E-state index contributed by atoms with van der Waals surface area (Å²) >= 11 is 0. The second-order valence-electron chi connectivity index (χ2n) is 4.84. The van der Waals surface area contributed by atoms with Crippen LogP contribution in [0.5, 0.6) is 5.75 Å². The fourth-order valence-electron chi connectivity index (χ4n) is 2.20. The Morgan fingerprint density at radius 2 is 2.00 bits per heavy atom. The summed E-state index contributed by atoms with van der Waals surface area (Å²) in [6, 6.07) is 3.45. The van der Waals surface area contributed by atoms with Crippen LogP contribution in [0, 0.1) is 0 Å². The van der Waals surface area contributed by atoms with Crippen LogP contribution in [-0.4, -0.2) is 34.3 Å². The summed E-state index contributed by atoms with van der Waals surface area (Å²) in [5.41, 5.74) is 0.293. The summed E-state index contributed by atoms with van der Waals surface area (Å²) in [5.74, 6) is 0.171. The average molecular weight is 338 g/mol. The third-order valence-corrected chi connectivity index (χ3v) is 3.34. The van der Waals surface area contributed by atoms with Gasteiger partial charge in [-0.05, 0) is 12.1 Å². The lowest BCUT2D eigenvalue weighted by atomic mass is 10.2. The van der Waals surface area contributed by atoms with E-state index in [0.717, 1.165) is 17.1 Å². The molecule has 0 atom stereocenters. The standard InChI is InChI=1S/C14H13F3N6O/c1-18-12-8(14(15,16)17)6-19-13(22-12)21-10-4-9-7(5-20-23-9)3-11(10)24-2/h3-6H,1-2H3,(H,20,23)(H2,18,19,21,22). The number of rotatable bonds is 4.